The zero-order chi connectivity index (χ0) is 18.1. The van der Waals surface area contributed by atoms with Gasteiger partial charge in [-0.1, -0.05) is 30.3 Å². The Morgan fingerprint density at radius 3 is 2.62 bits per heavy atom. The summed E-state index contributed by atoms with van der Waals surface area (Å²) < 4.78 is 5.31. The number of fused-ring (bicyclic) bond motifs is 2. The summed E-state index contributed by atoms with van der Waals surface area (Å²) in [5.74, 6) is -0.950. The monoisotopic (exact) mass is 345 g/mol. The Hall–Kier alpha value is -3.54. The summed E-state index contributed by atoms with van der Waals surface area (Å²) in [4.78, 5) is 36.5. The molecule has 0 bridgehead atoms. The zero-order valence-electron chi connectivity index (χ0n) is 14.0. The third kappa shape index (κ3) is 2.82. The number of aromatic amines is 1. The second kappa shape index (κ2) is 6.40. The highest BCUT2D eigenvalue weighted by molar-refractivity contribution is 6.10. The van der Waals surface area contributed by atoms with Gasteiger partial charge in [-0.05, 0) is 25.1 Å². The predicted molar refractivity (Wildman–Crippen MR) is 97.0 cm³/mol. The lowest BCUT2D eigenvalue weighted by Gasteiger charge is -2.11. The van der Waals surface area contributed by atoms with E-state index in [9.17, 15) is 9.59 Å². The van der Waals surface area contributed by atoms with Crippen molar-refractivity contribution in [1.82, 2.24) is 15.0 Å². The van der Waals surface area contributed by atoms with Gasteiger partial charge in [-0.25, -0.2) is 9.78 Å². The molecule has 0 aliphatic rings. The molecule has 2 aromatic heterocycles. The van der Waals surface area contributed by atoms with Gasteiger partial charge in [0.15, 0.2) is 11.8 Å². The van der Waals surface area contributed by atoms with Crippen LogP contribution in [0.4, 0.5) is 0 Å². The molecule has 2 heterocycles. The van der Waals surface area contributed by atoms with Gasteiger partial charge in [0, 0.05) is 22.7 Å². The summed E-state index contributed by atoms with van der Waals surface area (Å²) in [7, 11) is 0. The molecule has 0 radical (unpaired) electrons. The first-order chi connectivity index (χ1) is 12.6. The molecular weight excluding hydrogens is 330 g/mol. The van der Waals surface area contributed by atoms with Gasteiger partial charge in [-0.2, -0.15) is 0 Å². The van der Waals surface area contributed by atoms with Crippen LogP contribution in [0.5, 0.6) is 0 Å². The fraction of sp³-hybridized carbons (Fsp3) is 0.100. The Bertz CT molecular complexity index is 1130. The van der Waals surface area contributed by atoms with Crippen LogP contribution in [0, 0.1) is 0 Å². The quantitative estimate of drug-likeness (QED) is 0.452. The maximum Gasteiger partial charge on any atom is 0.359 e. The van der Waals surface area contributed by atoms with Crippen LogP contribution in [0.1, 0.15) is 27.8 Å². The fourth-order valence-corrected chi connectivity index (χ4v) is 2.82. The minimum absolute atomic E-state index is 0.0716. The van der Waals surface area contributed by atoms with Crippen molar-refractivity contribution in [2.24, 2.45) is 0 Å². The summed E-state index contributed by atoms with van der Waals surface area (Å²) in [5, 5.41) is 0.797. The molecule has 0 fully saturated rings. The van der Waals surface area contributed by atoms with Crippen LogP contribution in [0.3, 0.4) is 0 Å². The number of H-pyrrole nitrogens is 1. The van der Waals surface area contributed by atoms with Crippen molar-refractivity contribution in [3.05, 3.63) is 72.2 Å². The number of hydrogen-bond donors (Lipinski definition) is 1. The standard InChI is InChI=1S/C20H15N3O3/c1-12(19(24)14-10-21-15-7-3-2-6-13(14)15)26-20(25)18-11-22-16-8-4-5-9-17(16)23-18/h2-12,21H,1H3. The second-order valence-corrected chi connectivity index (χ2v) is 5.90. The first kappa shape index (κ1) is 16.0. The molecule has 0 spiro atoms. The van der Waals surface area contributed by atoms with Crippen molar-refractivity contribution in [2.45, 2.75) is 13.0 Å². The van der Waals surface area contributed by atoms with E-state index in [2.05, 4.69) is 15.0 Å². The number of nitrogens with zero attached hydrogens (tertiary/aromatic N) is 2. The lowest BCUT2D eigenvalue weighted by Crippen LogP contribution is -2.24. The number of hydrogen-bond acceptors (Lipinski definition) is 5. The van der Waals surface area contributed by atoms with Gasteiger partial charge in [-0.15, -0.1) is 0 Å². The topological polar surface area (TPSA) is 84.9 Å². The van der Waals surface area contributed by atoms with Gasteiger partial charge in [0.25, 0.3) is 0 Å². The Kier molecular flexibility index (Phi) is 3.93. The molecule has 1 atom stereocenters. The predicted octanol–water partition coefficient (Wildman–Crippen LogP) is 3.54. The first-order valence-corrected chi connectivity index (χ1v) is 8.16. The lowest BCUT2D eigenvalue weighted by molar-refractivity contribution is 0.0313. The van der Waals surface area contributed by atoms with Crippen molar-refractivity contribution in [2.75, 3.05) is 0 Å². The van der Waals surface area contributed by atoms with Crippen molar-refractivity contribution >= 4 is 33.7 Å². The molecule has 2 aromatic carbocycles. The van der Waals surface area contributed by atoms with Gasteiger partial charge in [0.2, 0.25) is 5.78 Å². The normalized spacial score (nSPS) is 12.2. The van der Waals surface area contributed by atoms with Gasteiger partial charge >= 0.3 is 5.97 Å². The number of nitrogens with one attached hydrogen (secondary N) is 1. The van der Waals surface area contributed by atoms with Gasteiger partial charge in [-0.3, -0.25) is 9.78 Å². The summed E-state index contributed by atoms with van der Waals surface area (Å²) in [6.07, 6.45) is 2.05. The van der Waals surface area contributed by atoms with E-state index < -0.39 is 12.1 Å². The van der Waals surface area contributed by atoms with Gasteiger partial charge in [0.1, 0.15) is 0 Å². The number of carbonyl (C=O) groups is 2. The molecule has 0 saturated carbocycles. The van der Waals surface area contributed by atoms with Crippen molar-refractivity contribution in [1.29, 1.82) is 0 Å². The Labute approximate surface area is 148 Å². The second-order valence-electron chi connectivity index (χ2n) is 5.90. The van der Waals surface area contributed by atoms with Crippen molar-refractivity contribution in [3.8, 4) is 0 Å². The van der Waals surface area contributed by atoms with E-state index in [-0.39, 0.29) is 11.5 Å². The molecule has 1 unspecified atom stereocenters. The van der Waals surface area contributed by atoms with E-state index in [0.717, 1.165) is 10.9 Å². The lowest BCUT2D eigenvalue weighted by atomic mass is 10.1. The minimum Gasteiger partial charge on any atom is -0.449 e. The average molecular weight is 345 g/mol. The number of rotatable bonds is 4. The summed E-state index contributed by atoms with van der Waals surface area (Å²) >= 11 is 0. The molecule has 0 aliphatic heterocycles. The van der Waals surface area contributed by atoms with E-state index in [0.29, 0.717) is 16.6 Å². The summed E-state index contributed by atoms with van der Waals surface area (Å²) in [6.45, 7) is 1.55. The SMILES string of the molecule is CC(OC(=O)c1cnc2ccccc2n1)C(=O)c1c[nH]c2ccccc12. The number of carbonyl (C=O) groups excluding carboxylic acids is 2. The fourth-order valence-electron chi connectivity index (χ4n) is 2.82. The van der Waals surface area contributed by atoms with E-state index in [1.54, 1.807) is 25.3 Å². The Balaban J connectivity index is 1.55. The Morgan fingerprint density at radius 2 is 1.77 bits per heavy atom. The molecule has 4 rings (SSSR count). The van der Waals surface area contributed by atoms with Crippen molar-refractivity contribution < 1.29 is 14.3 Å². The Morgan fingerprint density at radius 1 is 1.04 bits per heavy atom. The molecular formula is C20H15N3O3. The molecule has 0 saturated heterocycles. The molecule has 0 aliphatic carbocycles. The van der Waals surface area contributed by atoms with E-state index in [4.69, 9.17) is 4.74 Å². The number of esters is 1. The molecule has 0 amide bonds. The molecule has 4 aromatic rings. The number of ketones is 1. The third-order valence-electron chi connectivity index (χ3n) is 4.17. The molecule has 128 valence electrons. The largest absolute Gasteiger partial charge is 0.449 e. The molecule has 6 heteroatoms. The third-order valence-corrected chi connectivity index (χ3v) is 4.17. The van der Waals surface area contributed by atoms with Crippen molar-refractivity contribution in [3.63, 3.8) is 0 Å². The molecule has 6 nitrogen and oxygen atoms in total. The minimum atomic E-state index is -0.935. The number of ether oxygens (including phenoxy) is 1. The van der Waals surface area contributed by atoms with Crippen LogP contribution in [-0.4, -0.2) is 32.8 Å². The summed E-state index contributed by atoms with van der Waals surface area (Å²) in [5.41, 5.74) is 2.70. The van der Waals surface area contributed by atoms with Crippen LogP contribution >= 0.6 is 0 Å². The highest BCUT2D eigenvalue weighted by Gasteiger charge is 2.23. The molecule has 1 N–H and O–H groups in total. The maximum atomic E-state index is 12.7. The van der Waals surface area contributed by atoms with Crippen LogP contribution in [0.25, 0.3) is 21.9 Å². The van der Waals surface area contributed by atoms with Crippen LogP contribution in [-0.2, 0) is 4.74 Å². The first-order valence-electron chi connectivity index (χ1n) is 8.16. The average Bonchev–Trinajstić information content (AvgIpc) is 3.11. The number of para-hydroxylation sites is 3. The van der Waals surface area contributed by atoms with E-state index in [1.165, 1.54) is 6.20 Å². The van der Waals surface area contributed by atoms with E-state index >= 15 is 0 Å². The smallest absolute Gasteiger partial charge is 0.359 e. The molecule has 26 heavy (non-hydrogen) atoms. The van der Waals surface area contributed by atoms with E-state index in [1.807, 2.05) is 36.4 Å². The van der Waals surface area contributed by atoms with Crippen LogP contribution < -0.4 is 0 Å². The number of Topliss-reactive ketones (excluding diaryl/α,β-unsaturated/α-hetero) is 1. The number of benzene rings is 2. The van der Waals surface area contributed by atoms with Gasteiger partial charge < -0.3 is 9.72 Å². The zero-order valence-corrected chi connectivity index (χ0v) is 14.0. The van der Waals surface area contributed by atoms with Crippen LogP contribution in [0.2, 0.25) is 0 Å². The maximum absolute atomic E-state index is 12.7. The highest BCUT2D eigenvalue weighted by atomic mass is 16.5. The number of aromatic nitrogens is 3. The van der Waals surface area contributed by atoms with Crippen LogP contribution in [0.15, 0.2) is 60.9 Å². The van der Waals surface area contributed by atoms with Gasteiger partial charge in [0.05, 0.1) is 17.2 Å². The summed E-state index contributed by atoms with van der Waals surface area (Å²) in [6, 6.07) is 14.7. The highest BCUT2D eigenvalue weighted by Crippen LogP contribution is 2.20.